The molecule has 0 aliphatic rings. The minimum atomic E-state index is -0.902. The summed E-state index contributed by atoms with van der Waals surface area (Å²) in [5.41, 5.74) is 2.99. The number of carboxylic acid groups (broad SMARTS) is 1. The molecule has 1 aromatic heterocycles. The number of ether oxygens (including phenoxy) is 1. The number of aromatic nitrogens is 1. The van der Waals surface area contributed by atoms with Gasteiger partial charge in [-0.2, -0.15) is 0 Å². The van der Waals surface area contributed by atoms with Gasteiger partial charge < -0.3 is 14.8 Å². The Balaban J connectivity index is 1.81. The first-order valence-electron chi connectivity index (χ1n) is 9.45. The van der Waals surface area contributed by atoms with Crippen LogP contribution in [0.5, 0.6) is 11.5 Å². The third-order valence-electron chi connectivity index (χ3n) is 4.67. The summed E-state index contributed by atoms with van der Waals surface area (Å²) in [4.78, 5) is 14.2. The van der Waals surface area contributed by atoms with Gasteiger partial charge in [0.1, 0.15) is 5.75 Å². The molecule has 2 N–H and O–H groups in total. The van der Waals surface area contributed by atoms with Crippen molar-refractivity contribution < 1.29 is 14.6 Å². The molecule has 0 bridgehead atoms. The fourth-order valence-corrected chi connectivity index (χ4v) is 4.26. The Morgan fingerprint density at radius 3 is 2.75 bits per heavy atom. The van der Waals surface area contributed by atoms with E-state index in [4.69, 9.17) is 21.4 Å². The smallest absolute Gasteiger partial charge is 0.307 e. The van der Waals surface area contributed by atoms with E-state index in [0.717, 1.165) is 17.3 Å². The van der Waals surface area contributed by atoms with Crippen LogP contribution in [-0.4, -0.2) is 16.1 Å². The molecular formula is C22H23BrClNO3. The molecule has 0 saturated carbocycles. The fourth-order valence-electron chi connectivity index (χ4n) is 3.27. The molecule has 0 aliphatic heterocycles. The zero-order valence-electron chi connectivity index (χ0n) is 15.7. The first kappa shape index (κ1) is 20.7. The predicted octanol–water partition coefficient (Wildman–Crippen LogP) is 7.13. The van der Waals surface area contributed by atoms with E-state index in [1.807, 2.05) is 18.2 Å². The predicted molar refractivity (Wildman–Crippen MR) is 117 cm³/mol. The van der Waals surface area contributed by atoms with Crippen LogP contribution in [0.25, 0.3) is 10.9 Å². The Morgan fingerprint density at radius 2 is 2.04 bits per heavy atom. The molecule has 0 saturated heterocycles. The minimum absolute atomic E-state index is 0.0880. The summed E-state index contributed by atoms with van der Waals surface area (Å²) in [6.45, 7) is 2.22. The molecule has 0 atom stereocenters. The van der Waals surface area contributed by atoms with Crippen molar-refractivity contribution in [1.82, 2.24) is 4.98 Å². The zero-order valence-corrected chi connectivity index (χ0v) is 18.1. The second kappa shape index (κ2) is 9.48. The van der Waals surface area contributed by atoms with Crippen molar-refractivity contribution in [3.63, 3.8) is 0 Å². The maximum Gasteiger partial charge on any atom is 0.307 e. The summed E-state index contributed by atoms with van der Waals surface area (Å²) in [5, 5.41) is 10.5. The van der Waals surface area contributed by atoms with Crippen LogP contribution in [0.3, 0.4) is 0 Å². The van der Waals surface area contributed by atoms with Gasteiger partial charge >= 0.3 is 5.97 Å². The van der Waals surface area contributed by atoms with E-state index in [1.54, 1.807) is 12.1 Å². The van der Waals surface area contributed by atoms with Gasteiger partial charge in [-0.3, -0.25) is 4.79 Å². The van der Waals surface area contributed by atoms with Gasteiger partial charge in [0.2, 0.25) is 0 Å². The number of aliphatic carboxylic acids is 1. The molecule has 6 heteroatoms. The summed E-state index contributed by atoms with van der Waals surface area (Å²) in [6, 6.07) is 9.27. The number of unbranched alkanes of at least 4 members (excludes halogenated alkanes) is 3. The molecule has 0 spiro atoms. The quantitative estimate of drug-likeness (QED) is 0.331. The summed E-state index contributed by atoms with van der Waals surface area (Å²) < 4.78 is 6.67. The van der Waals surface area contributed by atoms with Crippen LogP contribution < -0.4 is 4.74 Å². The standard InChI is InChI=1S/C22H23BrClNO3/c1-2-3-4-5-6-15-13-25-20-8-7-16(12-17(15)20)28-22-18(23)9-14(10-19(22)24)11-21(26)27/h7-10,12-13,25H,2-6,11H2,1H3,(H,26,27). The highest BCUT2D eigenvalue weighted by Crippen LogP contribution is 2.38. The lowest BCUT2D eigenvalue weighted by atomic mass is 10.1. The number of hydrogen-bond donors (Lipinski definition) is 2. The Hall–Kier alpha value is -1.98. The molecule has 3 aromatic rings. The molecular weight excluding hydrogens is 442 g/mol. The van der Waals surface area contributed by atoms with Gasteiger partial charge in [0.15, 0.2) is 5.75 Å². The number of halogens is 2. The van der Waals surface area contributed by atoms with E-state index in [-0.39, 0.29) is 6.42 Å². The molecule has 3 rings (SSSR count). The topological polar surface area (TPSA) is 62.3 Å². The van der Waals surface area contributed by atoms with Crippen LogP contribution in [0.4, 0.5) is 0 Å². The van der Waals surface area contributed by atoms with Crippen LogP contribution in [0.2, 0.25) is 5.02 Å². The van der Waals surface area contributed by atoms with Gasteiger partial charge in [-0.25, -0.2) is 0 Å². The number of benzene rings is 2. The molecule has 1 heterocycles. The van der Waals surface area contributed by atoms with Crippen molar-refractivity contribution >= 4 is 44.4 Å². The van der Waals surface area contributed by atoms with Crippen molar-refractivity contribution in [1.29, 1.82) is 0 Å². The number of aromatic amines is 1. The summed E-state index contributed by atoms with van der Waals surface area (Å²) in [7, 11) is 0. The van der Waals surface area contributed by atoms with Crippen molar-refractivity contribution in [2.45, 2.75) is 45.4 Å². The van der Waals surface area contributed by atoms with Crippen LogP contribution in [0, 0.1) is 0 Å². The van der Waals surface area contributed by atoms with Gasteiger partial charge in [0, 0.05) is 17.1 Å². The molecule has 28 heavy (non-hydrogen) atoms. The van der Waals surface area contributed by atoms with Crippen LogP contribution >= 0.6 is 27.5 Å². The highest BCUT2D eigenvalue weighted by molar-refractivity contribution is 9.10. The zero-order chi connectivity index (χ0) is 20.1. The average molecular weight is 465 g/mol. The molecule has 0 fully saturated rings. The van der Waals surface area contributed by atoms with E-state index < -0.39 is 5.97 Å². The minimum Gasteiger partial charge on any atom is -0.481 e. The molecule has 4 nitrogen and oxygen atoms in total. The summed E-state index contributed by atoms with van der Waals surface area (Å²) in [5.74, 6) is 0.270. The lowest BCUT2D eigenvalue weighted by Gasteiger charge is -2.12. The lowest BCUT2D eigenvalue weighted by Crippen LogP contribution is -2.00. The number of aryl methyl sites for hydroxylation is 1. The number of hydrogen-bond acceptors (Lipinski definition) is 2. The monoisotopic (exact) mass is 463 g/mol. The molecule has 148 valence electrons. The maximum atomic E-state index is 10.9. The maximum absolute atomic E-state index is 10.9. The van der Waals surface area contributed by atoms with E-state index in [9.17, 15) is 4.79 Å². The summed E-state index contributed by atoms with van der Waals surface area (Å²) >= 11 is 9.78. The average Bonchev–Trinajstić information content (AvgIpc) is 3.04. The fraction of sp³-hybridized carbons (Fsp3) is 0.318. The third-order valence-corrected chi connectivity index (χ3v) is 5.54. The SMILES string of the molecule is CCCCCCc1c[nH]c2ccc(Oc3c(Cl)cc(CC(=O)O)cc3Br)cc12. The van der Waals surface area contributed by atoms with Crippen molar-refractivity contribution in [3.05, 3.63) is 57.2 Å². The Morgan fingerprint density at radius 1 is 1.21 bits per heavy atom. The number of rotatable bonds is 9. The number of H-pyrrole nitrogens is 1. The van der Waals surface area contributed by atoms with Gasteiger partial charge in [0.05, 0.1) is 15.9 Å². The second-order valence-electron chi connectivity index (χ2n) is 6.89. The van der Waals surface area contributed by atoms with E-state index in [0.29, 0.717) is 26.6 Å². The number of carbonyl (C=O) groups is 1. The third kappa shape index (κ3) is 5.09. The molecule has 0 unspecified atom stereocenters. The van der Waals surface area contributed by atoms with Crippen LogP contribution in [0.1, 0.15) is 43.7 Å². The first-order chi connectivity index (χ1) is 13.5. The Kier molecular flexibility index (Phi) is 7.03. The molecule has 2 aromatic carbocycles. The molecule has 0 amide bonds. The number of fused-ring (bicyclic) bond motifs is 1. The van der Waals surface area contributed by atoms with E-state index in [1.165, 1.54) is 31.2 Å². The van der Waals surface area contributed by atoms with Gasteiger partial charge in [-0.15, -0.1) is 0 Å². The normalized spacial score (nSPS) is 11.1. The first-order valence-corrected chi connectivity index (χ1v) is 10.6. The highest BCUT2D eigenvalue weighted by Gasteiger charge is 2.13. The number of carboxylic acids is 1. The lowest BCUT2D eigenvalue weighted by molar-refractivity contribution is -0.136. The largest absolute Gasteiger partial charge is 0.481 e. The van der Waals surface area contributed by atoms with Gasteiger partial charge in [-0.1, -0.05) is 37.8 Å². The Labute approximate surface area is 178 Å². The highest BCUT2D eigenvalue weighted by atomic mass is 79.9. The number of nitrogens with one attached hydrogen (secondary N) is 1. The van der Waals surface area contributed by atoms with Gasteiger partial charge in [-0.05, 0) is 70.2 Å². The summed E-state index contributed by atoms with van der Waals surface area (Å²) in [6.07, 6.45) is 7.93. The Bertz CT molecular complexity index is 960. The second-order valence-corrected chi connectivity index (χ2v) is 8.15. The van der Waals surface area contributed by atoms with Crippen LogP contribution in [-0.2, 0) is 17.6 Å². The van der Waals surface area contributed by atoms with Crippen molar-refractivity contribution in [3.8, 4) is 11.5 Å². The van der Waals surface area contributed by atoms with Gasteiger partial charge in [0.25, 0.3) is 0 Å². The van der Waals surface area contributed by atoms with E-state index in [2.05, 4.69) is 34.0 Å². The van der Waals surface area contributed by atoms with E-state index >= 15 is 0 Å². The van der Waals surface area contributed by atoms with Crippen LogP contribution in [0.15, 0.2) is 41.0 Å². The van der Waals surface area contributed by atoms with Crippen molar-refractivity contribution in [2.75, 3.05) is 0 Å². The van der Waals surface area contributed by atoms with Crippen molar-refractivity contribution in [2.24, 2.45) is 0 Å². The molecule has 0 radical (unpaired) electrons. The molecule has 0 aliphatic carbocycles.